The van der Waals surface area contributed by atoms with Crippen LogP contribution in [-0.2, 0) is 28.6 Å². The fourth-order valence-corrected chi connectivity index (χ4v) is 5.18. The van der Waals surface area contributed by atoms with E-state index in [0.717, 1.165) is 6.08 Å². The number of Topliss-reactive ketones (excluding diaryl/α,β-unsaturated/α-hetero) is 1. The standard InChI is InChI=1S/C32H48N4O8/c1-18-14-22-27(34-12-13-36(5)6)24(37)17-23(29(22)39)35-31(40)19(2)10-9-11-25(42-7)30(44-32(33)41)21(4)16-20(3)28(38)26(15-18)43-8/h9-11,16-18,20,25-26,28,30,34,38H,12-15H2,1-8H3,(H2,33,41)(H,35,40)/t18-,20+,25?,26+,28-,30+/m1/s1. The summed E-state index contributed by atoms with van der Waals surface area (Å²) in [5, 5.41) is 17.0. The van der Waals surface area contributed by atoms with E-state index in [0.29, 0.717) is 25.1 Å². The van der Waals surface area contributed by atoms with Crippen LogP contribution in [0.3, 0.4) is 0 Å². The molecular weight excluding hydrogens is 568 g/mol. The molecule has 1 heterocycles. The number of nitrogens with zero attached hydrogens (tertiary/aromatic N) is 1. The molecule has 2 amide bonds. The van der Waals surface area contributed by atoms with Crippen LogP contribution in [0, 0.1) is 11.8 Å². The van der Waals surface area contributed by atoms with Gasteiger partial charge in [-0.3, -0.25) is 14.4 Å². The second-order valence-corrected chi connectivity index (χ2v) is 11.7. The summed E-state index contributed by atoms with van der Waals surface area (Å²) in [6.45, 7) is 8.09. The lowest BCUT2D eigenvalue weighted by molar-refractivity contribution is -0.120. The number of fused-ring (bicyclic) bond motifs is 2. The van der Waals surface area contributed by atoms with Gasteiger partial charge in [0.1, 0.15) is 6.10 Å². The van der Waals surface area contributed by atoms with Crippen LogP contribution in [0.25, 0.3) is 0 Å². The van der Waals surface area contributed by atoms with Gasteiger partial charge in [0.25, 0.3) is 5.91 Å². The van der Waals surface area contributed by atoms with Crippen LogP contribution in [0.5, 0.6) is 0 Å². The number of methoxy groups -OCH3 is 2. The molecule has 0 saturated heterocycles. The molecule has 1 aliphatic carbocycles. The zero-order valence-corrected chi connectivity index (χ0v) is 27.0. The van der Waals surface area contributed by atoms with Crippen molar-refractivity contribution in [1.29, 1.82) is 0 Å². The number of nitrogens with two attached hydrogens (primary N) is 1. The molecule has 0 saturated carbocycles. The number of ketones is 2. The van der Waals surface area contributed by atoms with Crippen molar-refractivity contribution in [1.82, 2.24) is 15.5 Å². The molecule has 2 bridgehead atoms. The molecule has 6 atom stereocenters. The van der Waals surface area contributed by atoms with Crippen molar-refractivity contribution in [3.05, 3.63) is 58.5 Å². The number of carbonyl (C=O) groups is 4. The lowest BCUT2D eigenvalue weighted by Crippen LogP contribution is -2.38. The molecule has 244 valence electrons. The number of hydrogen-bond acceptors (Lipinski definition) is 10. The van der Waals surface area contributed by atoms with Crippen LogP contribution >= 0.6 is 0 Å². The maximum atomic E-state index is 13.7. The second kappa shape index (κ2) is 17.0. The number of allylic oxidation sites excluding steroid dienone is 4. The summed E-state index contributed by atoms with van der Waals surface area (Å²) in [6.07, 6.45) is 3.88. The van der Waals surface area contributed by atoms with Gasteiger partial charge in [0.05, 0.1) is 23.6 Å². The minimum Gasteiger partial charge on any atom is -0.439 e. The van der Waals surface area contributed by atoms with Gasteiger partial charge < -0.3 is 40.6 Å². The first-order chi connectivity index (χ1) is 20.7. The molecular formula is C32H48N4O8. The van der Waals surface area contributed by atoms with E-state index in [-0.39, 0.29) is 34.9 Å². The van der Waals surface area contributed by atoms with Gasteiger partial charge in [-0.15, -0.1) is 0 Å². The normalized spacial score (nSPS) is 27.9. The Hall–Kier alpha value is -3.58. The Kier molecular flexibility index (Phi) is 14.2. The number of likely N-dealkylation sites (N-methyl/N-ethyl adjacent to an activating group) is 1. The third-order valence-corrected chi connectivity index (χ3v) is 7.65. The molecule has 12 heteroatoms. The van der Waals surface area contributed by atoms with Gasteiger partial charge in [-0.2, -0.15) is 0 Å². The lowest BCUT2D eigenvalue weighted by Gasteiger charge is -2.30. The number of aliphatic hydroxyl groups excluding tert-OH is 1. The van der Waals surface area contributed by atoms with Crippen molar-refractivity contribution in [2.45, 2.75) is 65.0 Å². The monoisotopic (exact) mass is 616 g/mol. The van der Waals surface area contributed by atoms with Crippen molar-refractivity contribution < 1.29 is 38.5 Å². The minimum absolute atomic E-state index is 0.114. The van der Waals surface area contributed by atoms with Crippen LogP contribution < -0.4 is 16.4 Å². The molecule has 0 radical (unpaired) electrons. The van der Waals surface area contributed by atoms with Crippen LogP contribution in [0.1, 0.15) is 40.5 Å². The van der Waals surface area contributed by atoms with Gasteiger partial charge in [0, 0.05) is 50.4 Å². The first-order valence-electron chi connectivity index (χ1n) is 14.7. The Morgan fingerprint density at radius 1 is 1.16 bits per heavy atom. The first kappa shape index (κ1) is 36.6. The van der Waals surface area contributed by atoms with Crippen LogP contribution in [-0.4, -0.2) is 99.4 Å². The third kappa shape index (κ3) is 10.3. The molecule has 44 heavy (non-hydrogen) atoms. The van der Waals surface area contributed by atoms with Gasteiger partial charge in [0.15, 0.2) is 6.10 Å². The van der Waals surface area contributed by atoms with Crippen molar-refractivity contribution in [2.75, 3.05) is 41.4 Å². The highest BCUT2D eigenvalue weighted by Gasteiger charge is 2.33. The Morgan fingerprint density at radius 3 is 2.43 bits per heavy atom. The number of nitrogens with one attached hydrogen (secondary N) is 2. The van der Waals surface area contributed by atoms with E-state index in [1.165, 1.54) is 20.3 Å². The fourth-order valence-electron chi connectivity index (χ4n) is 5.18. The van der Waals surface area contributed by atoms with E-state index in [1.807, 2.05) is 32.8 Å². The number of amides is 2. The highest BCUT2D eigenvalue weighted by molar-refractivity contribution is 6.23. The van der Waals surface area contributed by atoms with Crippen LogP contribution in [0.2, 0.25) is 0 Å². The molecule has 0 aromatic heterocycles. The maximum absolute atomic E-state index is 13.7. The van der Waals surface area contributed by atoms with Crippen LogP contribution in [0.15, 0.2) is 58.5 Å². The molecule has 2 aliphatic rings. The summed E-state index contributed by atoms with van der Waals surface area (Å²) in [5.41, 5.74) is 6.55. The summed E-state index contributed by atoms with van der Waals surface area (Å²) in [6, 6.07) is 0. The largest absolute Gasteiger partial charge is 0.439 e. The number of primary amides is 1. The molecule has 0 spiro atoms. The van der Waals surface area contributed by atoms with Crippen molar-refractivity contribution in [2.24, 2.45) is 17.6 Å². The Labute approximate surface area is 260 Å². The summed E-state index contributed by atoms with van der Waals surface area (Å²) in [7, 11) is 6.74. The summed E-state index contributed by atoms with van der Waals surface area (Å²) in [5.74, 6) is -2.06. The molecule has 5 N–H and O–H groups in total. The minimum atomic E-state index is -0.997. The van der Waals surface area contributed by atoms with E-state index >= 15 is 0 Å². The van der Waals surface area contributed by atoms with Crippen molar-refractivity contribution >= 4 is 23.6 Å². The Morgan fingerprint density at radius 2 is 1.84 bits per heavy atom. The highest BCUT2D eigenvalue weighted by atomic mass is 16.6. The Balaban J connectivity index is 2.60. The first-order valence-corrected chi connectivity index (χ1v) is 14.7. The number of ether oxygens (including phenoxy) is 3. The van der Waals surface area contributed by atoms with Gasteiger partial charge in [0.2, 0.25) is 11.6 Å². The highest BCUT2D eigenvalue weighted by Crippen LogP contribution is 2.28. The summed E-state index contributed by atoms with van der Waals surface area (Å²) in [4.78, 5) is 53.7. The topological polar surface area (TPSA) is 170 Å². The second-order valence-electron chi connectivity index (χ2n) is 11.7. The number of carbonyl (C=O) groups excluding carboxylic acids is 4. The fraction of sp³-hybridized carbons (Fsp3) is 0.562. The molecule has 0 fully saturated rings. The molecule has 1 aliphatic heterocycles. The van der Waals surface area contributed by atoms with E-state index in [1.54, 1.807) is 32.1 Å². The predicted octanol–water partition coefficient (Wildman–Crippen LogP) is 1.91. The summed E-state index contributed by atoms with van der Waals surface area (Å²) < 4.78 is 16.6. The average molecular weight is 617 g/mol. The lowest BCUT2D eigenvalue weighted by atomic mass is 9.85. The molecule has 0 aromatic rings. The molecule has 12 nitrogen and oxygen atoms in total. The van der Waals surface area contributed by atoms with Crippen molar-refractivity contribution in [3.8, 4) is 0 Å². The zero-order valence-electron chi connectivity index (χ0n) is 27.0. The third-order valence-electron chi connectivity index (χ3n) is 7.65. The molecule has 0 aromatic carbocycles. The Bertz CT molecular complexity index is 1230. The van der Waals surface area contributed by atoms with E-state index in [4.69, 9.17) is 19.9 Å². The molecule has 1 unspecified atom stereocenters. The van der Waals surface area contributed by atoms with Gasteiger partial charge in [-0.25, -0.2) is 4.79 Å². The zero-order chi connectivity index (χ0) is 33.1. The number of rotatable bonds is 7. The number of hydrogen-bond donors (Lipinski definition) is 4. The van der Waals surface area contributed by atoms with Crippen molar-refractivity contribution in [3.63, 3.8) is 0 Å². The average Bonchev–Trinajstić information content (AvgIpc) is 2.95. The maximum Gasteiger partial charge on any atom is 0.405 e. The predicted molar refractivity (Wildman–Crippen MR) is 166 cm³/mol. The smallest absolute Gasteiger partial charge is 0.405 e. The van der Waals surface area contributed by atoms with Gasteiger partial charge in [-0.1, -0.05) is 38.2 Å². The van der Waals surface area contributed by atoms with E-state index in [2.05, 4.69) is 10.6 Å². The van der Waals surface area contributed by atoms with Gasteiger partial charge in [-0.05, 0) is 52.3 Å². The number of aliphatic hydroxyl groups is 1. The summed E-state index contributed by atoms with van der Waals surface area (Å²) >= 11 is 0. The van der Waals surface area contributed by atoms with Gasteiger partial charge >= 0.3 is 6.09 Å². The van der Waals surface area contributed by atoms with Crippen LogP contribution in [0.4, 0.5) is 4.79 Å². The van der Waals surface area contributed by atoms with E-state index < -0.39 is 53.9 Å². The molecule has 2 rings (SSSR count). The van der Waals surface area contributed by atoms with E-state index in [9.17, 15) is 24.3 Å². The quantitative estimate of drug-likeness (QED) is 0.245. The SMILES string of the molecule is COC1C=CC=C(C)C(=O)NC2=CC(=O)C(NCCN(C)C)=C(C[C@@H](C)C[C@H](OC)[C@H](O)[C@@H](C)C=C(C)[C@@H]1OC(N)=O)C2=O.